The van der Waals surface area contributed by atoms with Crippen LogP contribution in [0.4, 0.5) is 10.1 Å². The number of carbonyl (C=O) groups is 1. The highest BCUT2D eigenvalue weighted by atomic mass is 35.5. The Labute approximate surface area is 220 Å². The van der Waals surface area contributed by atoms with Crippen LogP contribution < -0.4 is 16.4 Å². The molecule has 2 saturated carbocycles. The van der Waals surface area contributed by atoms with Crippen LogP contribution in [0.1, 0.15) is 50.7 Å². The van der Waals surface area contributed by atoms with Gasteiger partial charge in [0, 0.05) is 33.0 Å². The van der Waals surface area contributed by atoms with E-state index in [4.69, 9.17) is 23.1 Å². The molecule has 3 aliphatic rings. The van der Waals surface area contributed by atoms with E-state index in [1.54, 1.807) is 30.0 Å². The van der Waals surface area contributed by atoms with E-state index >= 15 is 4.39 Å². The van der Waals surface area contributed by atoms with Crippen molar-refractivity contribution in [3.05, 3.63) is 58.4 Å². The Morgan fingerprint density at radius 1 is 1.14 bits per heavy atom. The third-order valence-electron chi connectivity index (χ3n) is 7.68. The fraction of sp³-hybridized carbons (Fsp3) is 0.444. The van der Waals surface area contributed by atoms with Crippen LogP contribution in [0.25, 0.3) is 0 Å². The molecule has 2 aromatic rings. The average Bonchev–Trinajstić information content (AvgIpc) is 2.91. The van der Waals surface area contributed by atoms with Crippen molar-refractivity contribution in [3.8, 4) is 0 Å². The molecule has 0 bridgehead atoms. The van der Waals surface area contributed by atoms with Gasteiger partial charge in [0.05, 0.1) is 24.0 Å². The van der Waals surface area contributed by atoms with Crippen LogP contribution >= 0.6 is 23.4 Å². The summed E-state index contributed by atoms with van der Waals surface area (Å²) >= 11 is 7.41. The van der Waals surface area contributed by atoms with Gasteiger partial charge < -0.3 is 16.4 Å². The van der Waals surface area contributed by atoms with E-state index in [1.165, 1.54) is 17.8 Å². The van der Waals surface area contributed by atoms with Crippen LogP contribution in [0.15, 0.2) is 51.5 Å². The number of hydrogen-bond donors (Lipinski definition) is 2. The van der Waals surface area contributed by atoms with Crippen LogP contribution in [-0.4, -0.2) is 35.2 Å². The van der Waals surface area contributed by atoms with E-state index in [1.807, 2.05) is 19.1 Å². The number of hydrogen-bond acceptors (Lipinski definition) is 6. The lowest BCUT2D eigenvalue weighted by Crippen LogP contribution is -2.54. The molecule has 5 rings (SSSR count). The third kappa shape index (κ3) is 4.96. The molecule has 6 nitrogen and oxygen atoms in total. The number of nitrogens with two attached hydrogens (primary N) is 2. The maximum absolute atomic E-state index is 15.2. The first-order valence-electron chi connectivity index (χ1n) is 12.3. The topological polar surface area (TPSA) is 97.1 Å². The van der Waals surface area contributed by atoms with E-state index in [-0.39, 0.29) is 5.91 Å². The number of thioether (sulfide) groups is 1. The van der Waals surface area contributed by atoms with E-state index in [0.717, 1.165) is 37.0 Å². The minimum absolute atomic E-state index is 0.202. The number of benzene rings is 2. The van der Waals surface area contributed by atoms with Gasteiger partial charge >= 0.3 is 0 Å². The Morgan fingerprint density at radius 3 is 2.50 bits per heavy atom. The molecule has 0 saturated heterocycles. The molecule has 2 aromatic carbocycles. The van der Waals surface area contributed by atoms with Gasteiger partial charge in [0.15, 0.2) is 0 Å². The molecular formula is C27H31ClFN5OS. The van der Waals surface area contributed by atoms with E-state index in [2.05, 4.69) is 10.2 Å². The van der Waals surface area contributed by atoms with Gasteiger partial charge in [-0.2, -0.15) is 10.2 Å². The van der Waals surface area contributed by atoms with Gasteiger partial charge in [-0.25, -0.2) is 4.39 Å². The summed E-state index contributed by atoms with van der Waals surface area (Å²) < 4.78 is 15.2. The Kier molecular flexibility index (Phi) is 6.98. The van der Waals surface area contributed by atoms with Gasteiger partial charge in [0.25, 0.3) is 0 Å². The molecular weight excluding hydrogens is 497 g/mol. The van der Waals surface area contributed by atoms with Crippen molar-refractivity contribution in [2.24, 2.45) is 33.0 Å². The summed E-state index contributed by atoms with van der Waals surface area (Å²) in [6.07, 6.45) is 4.42. The highest BCUT2D eigenvalue weighted by molar-refractivity contribution is 7.99. The first-order valence-corrected chi connectivity index (χ1v) is 13.6. The number of anilines is 1. The molecule has 1 atom stereocenters. The van der Waals surface area contributed by atoms with Crippen molar-refractivity contribution in [3.63, 3.8) is 0 Å². The normalized spacial score (nSPS) is 28.4. The summed E-state index contributed by atoms with van der Waals surface area (Å²) in [4.78, 5) is 15.5. The number of halogens is 2. The Morgan fingerprint density at radius 2 is 1.83 bits per heavy atom. The molecule has 190 valence electrons. The highest BCUT2D eigenvalue weighted by Crippen LogP contribution is 2.58. The molecule has 1 spiro atoms. The van der Waals surface area contributed by atoms with Crippen LogP contribution in [0.2, 0.25) is 5.02 Å². The van der Waals surface area contributed by atoms with Crippen molar-refractivity contribution < 1.29 is 9.18 Å². The molecule has 2 fully saturated rings. The summed E-state index contributed by atoms with van der Waals surface area (Å²) in [5.41, 5.74) is 15.8. The summed E-state index contributed by atoms with van der Waals surface area (Å²) in [6, 6.07) is 10.1. The van der Waals surface area contributed by atoms with Crippen molar-refractivity contribution in [1.29, 1.82) is 0 Å². The smallest absolute Gasteiger partial charge is 0.245 e. The SMILES string of the molecule is C/C(=N\N=C(/C)C1CC2(CC(N)C2)C1)c1cc2c(cc1F)SC[C@H](N)C(=O)N2Cc1ccc(Cl)cc1. The van der Waals surface area contributed by atoms with Crippen LogP contribution in [0.5, 0.6) is 0 Å². The lowest BCUT2D eigenvalue weighted by atomic mass is 9.49. The number of amides is 1. The van der Waals surface area contributed by atoms with Crippen LogP contribution in [-0.2, 0) is 11.3 Å². The van der Waals surface area contributed by atoms with Gasteiger partial charge in [0.2, 0.25) is 5.91 Å². The number of carbonyl (C=O) groups excluding carboxylic acids is 1. The largest absolute Gasteiger partial charge is 0.328 e. The van der Waals surface area contributed by atoms with Crippen molar-refractivity contribution in [2.75, 3.05) is 10.7 Å². The predicted octanol–water partition coefficient (Wildman–Crippen LogP) is 5.15. The maximum atomic E-state index is 15.2. The zero-order valence-corrected chi connectivity index (χ0v) is 22.1. The van der Waals surface area contributed by atoms with Crippen LogP contribution in [0.3, 0.4) is 0 Å². The van der Waals surface area contributed by atoms with E-state index in [9.17, 15) is 4.79 Å². The Hall–Kier alpha value is -2.26. The molecule has 4 N–H and O–H groups in total. The molecule has 1 amide bonds. The second kappa shape index (κ2) is 9.89. The predicted molar refractivity (Wildman–Crippen MR) is 145 cm³/mol. The molecule has 2 aliphatic carbocycles. The average molecular weight is 528 g/mol. The minimum Gasteiger partial charge on any atom is -0.328 e. The molecule has 36 heavy (non-hydrogen) atoms. The summed E-state index contributed by atoms with van der Waals surface area (Å²) in [7, 11) is 0. The maximum Gasteiger partial charge on any atom is 0.245 e. The monoisotopic (exact) mass is 527 g/mol. The number of nitrogens with zero attached hydrogens (tertiary/aromatic N) is 3. The first kappa shape index (κ1) is 25.4. The second-order valence-corrected chi connectivity index (χ2v) is 12.0. The van der Waals surface area contributed by atoms with Crippen LogP contribution in [0, 0.1) is 17.2 Å². The van der Waals surface area contributed by atoms with E-state index in [0.29, 0.717) is 56.6 Å². The van der Waals surface area contributed by atoms with Gasteiger partial charge in [-0.1, -0.05) is 23.7 Å². The van der Waals surface area contributed by atoms with Crippen molar-refractivity contribution in [1.82, 2.24) is 0 Å². The van der Waals surface area contributed by atoms with Crippen molar-refractivity contribution >= 4 is 46.4 Å². The summed E-state index contributed by atoms with van der Waals surface area (Å²) in [6.45, 7) is 4.05. The number of rotatable bonds is 5. The first-order chi connectivity index (χ1) is 17.1. The third-order valence-corrected chi connectivity index (χ3v) is 9.10. The molecule has 1 heterocycles. The Balaban J connectivity index is 1.41. The zero-order valence-electron chi connectivity index (χ0n) is 20.5. The summed E-state index contributed by atoms with van der Waals surface area (Å²) in [5.74, 6) is 0.199. The van der Waals surface area contributed by atoms with Gasteiger partial charge in [-0.3, -0.25) is 4.79 Å². The standard InChI is InChI=1S/C27H31ClFN5OS/c1-15(18-9-27(10-18)11-20(30)12-27)32-33-16(2)21-7-24-25(8-22(21)29)36-14-23(31)26(35)34(24)13-17-3-5-19(28)6-4-17/h3-8,18,20,23H,9-14,30-31H2,1-2H3/b32-15+,33-16+/t18?,20?,23-,27?/m0/s1. The lowest BCUT2D eigenvalue weighted by molar-refractivity contribution is -0.119. The highest BCUT2D eigenvalue weighted by Gasteiger charge is 2.52. The van der Waals surface area contributed by atoms with E-state index < -0.39 is 11.9 Å². The molecule has 1 aliphatic heterocycles. The van der Waals surface area contributed by atoms with Gasteiger partial charge in [-0.15, -0.1) is 11.8 Å². The second-order valence-electron chi connectivity index (χ2n) is 10.5. The molecule has 9 heteroatoms. The molecule has 0 radical (unpaired) electrons. The fourth-order valence-corrected chi connectivity index (χ4v) is 6.74. The van der Waals surface area contributed by atoms with Gasteiger partial charge in [-0.05, 0) is 80.7 Å². The van der Waals surface area contributed by atoms with Gasteiger partial charge in [0.1, 0.15) is 5.82 Å². The quantitative estimate of drug-likeness (QED) is 0.415. The summed E-state index contributed by atoms with van der Waals surface area (Å²) in [5, 5.41) is 9.45. The van der Waals surface area contributed by atoms with Crippen molar-refractivity contribution in [2.45, 2.75) is 63.1 Å². The Bertz CT molecular complexity index is 1230. The molecule has 0 unspecified atom stereocenters. The lowest BCUT2D eigenvalue weighted by Gasteiger charge is -2.57. The molecule has 0 aromatic heterocycles. The minimum atomic E-state index is -0.681. The zero-order chi connectivity index (χ0) is 25.6. The number of fused-ring (bicyclic) bond motifs is 1. The fourth-order valence-electron chi connectivity index (χ4n) is 5.61.